The molecule has 0 unspecified atom stereocenters. The molecular formula is C22H20BrClFN3O4S. The number of hydrogen-bond acceptors (Lipinski definition) is 5. The SMILES string of the molecule is CC(=O)OC1CCN(S(=O)(=O)c2cc(-c3nc(-c4ccc(F)c(Br)c4)c[nH]3)ccc2Cl)CC1. The topological polar surface area (TPSA) is 92.4 Å². The van der Waals surface area contributed by atoms with Gasteiger partial charge >= 0.3 is 5.97 Å². The molecule has 1 fully saturated rings. The van der Waals surface area contributed by atoms with Gasteiger partial charge in [0.15, 0.2) is 0 Å². The predicted octanol–water partition coefficient (Wildman–Crippen LogP) is 5.01. The van der Waals surface area contributed by atoms with Gasteiger partial charge in [0.1, 0.15) is 22.6 Å². The molecule has 174 valence electrons. The first-order valence-corrected chi connectivity index (χ1v) is 12.7. The van der Waals surface area contributed by atoms with Crippen LogP contribution in [0.4, 0.5) is 4.39 Å². The highest BCUT2D eigenvalue weighted by Gasteiger charge is 2.32. The summed E-state index contributed by atoms with van der Waals surface area (Å²) in [5, 5.41) is 0.107. The number of sulfonamides is 1. The minimum Gasteiger partial charge on any atom is -0.462 e. The van der Waals surface area contributed by atoms with E-state index in [1.54, 1.807) is 24.4 Å². The maximum atomic E-state index is 13.5. The van der Waals surface area contributed by atoms with Crippen LogP contribution in [0.3, 0.4) is 0 Å². The summed E-state index contributed by atoms with van der Waals surface area (Å²) in [5.41, 5.74) is 1.82. The monoisotopic (exact) mass is 555 g/mol. The van der Waals surface area contributed by atoms with E-state index < -0.39 is 10.0 Å². The molecule has 0 bridgehead atoms. The number of rotatable bonds is 5. The predicted molar refractivity (Wildman–Crippen MR) is 126 cm³/mol. The van der Waals surface area contributed by atoms with Gasteiger partial charge in [-0.15, -0.1) is 0 Å². The van der Waals surface area contributed by atoms with Gasteiger partial charge in [-0.2, -0.15) is 4.31 Å². The van der Waals surface area contributed by atoms with E-state index in [2.05, 4.69) is 25.9 Å². The van der Waals surface area contributed by atoms with Crippen LogP contribution in [0.15, 0.2) is 52.0 Å². The quantitative estimate of drug-likeness (QED) is 0.446. The summed E-state index contributed by atoms with van der Waals surface area (Å²) in [4.78, 5) is 18.7. The summed E-state index contributed by atoms with van der Waals surface area (Å²) in [5.74, 6) is -0.302. The summed E-state index contributed by atoms with van der Waals surface area (Å²) in [6.07, 6.45) is 2.22. The molecule has 3 aromatic rings. The first-order valence-electron chi connectivity index (χ1n) is 10.1. The molecule has 1 aliphatic heterocycles. The molecule has 0 atom stereocenters. The van der Waals surface area contributed by atoms with Crippen molar-refractivity contribution in [2.75, 3.05) is 13.1 Å². The number of H-pyrrole nitrogens is 1. The highest BCUT2D eigenvalue weighted by atomic mass is 79.9. The van der Waals surface area contributed by atoms with Crippen LogP contribution in [-0.2, 0) is 19.6 Å². The van der Waals surface area contributed by atoms with Crippen LogP contribution < -0.4 is 0 Å². The van der Waals surface area contributed by atoms with Crippen molar-refractivity contribution in [3.05, 3.63) is 57.9 Å². The number of nitrogens with one attached hydrogen (secondary N) is 1. The van der Waals surface area contributed by atoms with Gasteiger partial charge < -0.3 is 9.72 Å². The highest BCUT2D eigenvalue weighted by Crippen LogP contribution is 2.32. The van der Waals surface area contributed by atoms with Gasteiger partial charge in [-0.1, -0.05) is 11.6 Å². The minimum absolute atomic E-state index is 0.0184. The standard InChI is InChI=1S/C22H20BrClFN3O4S/c1-13(29)32-16-6-8-28(9-7-16)33(30,31)21-11-15(2-4-18(21)24)22-26-12-20(27-22)14-3-5-19(25)17(23)10-14/h2-5,10-12,16H,6-9H2,1H3,(H,26,27). The Balaban J connectivity index is 1.59. The number of aromatic amines is 1. The Morgan fingerprint density at radius 1 is 1.21 bits per heavy atom. The zero-order chi connectivity index (χ0) is 23.8. The molecule has 33 heavy (non-hydrogen) atoms. The van der Waals surface area contributed by atoms with Crippen molar-refractivity contribution in [2.45, 2.75) is 30.8 Å². The number of aromatic nitrogens is 2. The minimum atomic E-state index is -3.86. The van der Waals surface area contributed by atoms with Gasteiger partial charge in [0, 0.05) is 37.3 Å². The maximum Gasteiger partial charge on any atom is 0.302 e. The van der Waals surface area contributed by atoms with Crippen LogP contribution in [-0.4, -0.2) is 47.9 Å². The van der Waals surface area contributed by atoms with E-state index in [-0.39, 0.29) is 40.9 Å². The van der Waals surface area contributed by atoms with Crippen LogP contribution in [0, 0.1) is 5.82 Å². The van der Waals surface area contributed by atoms with E-state index in [9.17, 15) is 17.6 Å². The maximum absolute atomic E-state index is 13.5. The van der Waals surface area contributed by atoms with Crippen LogP contribution in [0.5, 0.6) is 0 Å². The van der Waals surface area contributed by atoms with E-state index in [0.29, 0.717) is 40.0 Å². The molecule has 0 radical (unpaired) electrons. The summed E-state index contributed by atoms with van der Waals surface area (Å²) in [7, 11) is -3.86. The Kier molecular flexibility index (Phi) is 6.90. The van der Waals surface area contributed by atoms with E-state index in [1.807, 2.05) is 0 Å². The van der Waals surface area contributed by atoms with Gasteiger partial charge in [-0.3, -0.25) is 4.79 Å². The fourth-order valence-electron chi connectivity index (χ4n) is 3.69. The van der Waals surface area contributed by atoms with E-state index in [0.717, 1.165) is 0 Å². The third-order valence-electron chi connectivity index (χ3n) is 5.35. The normalized spacial score (nSPS) is 15.5. The van der Waals surface area contributed by atoms with Gasteiger partial charge in [0.25, 0.3) is 0 Å². The fraction of sp³-hybridized carbons (Fsp3) is 0.273. The first-order chi connectivity index (χ1) is 15.6. The molecule has 0 aliphatic carbocycles. The lowest BCUT2D eigenvalue weighted by atomic mass is 10.1. The Morgan fingerprint density at radius 2 is 1.91 bits per heavy atom. The Bertz CT molecular complexity index is 1310. The van der Waals surface area contributed by atoms with Crippen LogP contribution in [0.25, 0.3) is 22.6 Å². The molecule has 1 aromatic heterocycles. The van der Waals surface area contributed by atoms with Crippen molar-refractivity contribution in [2.24, 2.45) is 0 Å². The van der Waals surface area contributed by atoms with Crippen molar-refractivity contribution >= 4 is 43.5 Å². The molecule has 4 rings (SSSR count). The number of nitrogens with zero attached hydrogens (tertiary/aromatic N) is 2. The number of piperidine rings is 1. The second kappa shape index (κ2) is 9.54. The number of carbonyl (C=O) groups excluding carboxylic acids is 1. The second-order valence-electron chi connectivity index (χ2n) is 7.62. The van der Waals surface area contributed by atoms with Crippen LogP contribution in [0.2, 0.25) is 5.02 Å². The van der Waals surface area contributed by atoms with Crippen LogP contribution in [0.1, 0.15) is 19.8 Å². The van der Waals surface area contributed by atoms with E-state index >= 15 is 0 Å². The van der Waals surface area contributed by atoms with Crippen LogP contribution >= 0.6 is 27.5 Å². The average Bonchev–Trinajstić information content (AvgIpc) is 3.26. The van der Waals surface area contributed by atoms with E-state index in [4.69, 9.17) is 16.3 Å². The first kappa shape index (κ1) is 23.9. The molecule has 0 amide bonds. The van der Waals surface area contributed by atoms with Crippen molar-refractivity contribution in [3.63, 3.8) is 0 Å². The van der Waals surface area contributed by atoms with Gasteiger partial charge in [0.2, 0.25) is 10.0 Å². The number of halogens is 3. The lowest BCUT2D eigenvalue weighted by molar-refractivity contribution is -0.147. The molecule has 0 spiro atoms. The summed E-state index contributed by atoms with van der Waals surface area (Å²) in [6, 6.07) is 9.25. The lowest BCUT2D eigenvalue weighted by Gasteiger charge is -2.31. The molecule has 1 N–H and O–H groups in total. The van der Waals surface area contributed by atoms with E-state index in [1.165, 1.54) is 29.4 Å². The summed E-state index contributed by atoms with van der Waals surface area (Å²) in [6.45, 7) is 1.79. The Morgan fingerprint density at radius 3 is 2.58 bits per heavy atom. The largest absolute Gasteiger partial charge is 0.462 e. The van der Waals surface area contributed by atoms with Crippen molar-refractivity contribution < 1.29 is 22.3 Å². The second-order valence-corrected chi connectivity index (χ2v) is 10.8. The molecule has 11 heteroatoms. The van der Waals surface area contributed by atoms with Gasteiger partial charge in [-0.25, -0.2) is 17.8 Å². The molecule has 1 aliphatic rings. The Labute approximate surface area is 204 Å². The zero-order valence-electron chi connectivity index (χ0n) is 17.5. The number of hydrogen-bond donors (Lipinski definition) is 1. The van der Waals surface area contributed by atoms with Gasteiger partial charge in [-0.05, 0) is 65.2 Å². The number of esters is 1. The summed E-state index contributed by atoms with van der Waals surface area (Å²) < 4.78 is 47.0. The molecule has 2 aromatic carbocycles. The number of carbonyl (C=O) groups is 1. The van der Waals surface area contributed by atoms with Gasteiger partial charge in [0.05, 0.1) is 15.2 Å². The van der Waals surface area contributed by atoms with Crippen molar-refractivity contribution in [3.8, 4) is 22.6 Å². The summed E-state index contributed by atoms with van der Waals surface area (Å²) >= 11 is 9.44. The smallest absolute Gasteiger partial charge is 0.302 e. The number of ether oxygens (including phenoxy) is 1. The number of benzene rings is 2. The zero-order valence-corrected chi connectivity index (χ0v) is 20.7. The third kappa shape index (κ3) is 5.13. The molecule has 0 saturated carbocycles. The molecule has 7 nitrogen and oxygen atoms in total. The number of imidazole rings is 1. The van der Waals surface area contributed by atoms with Crippen molar-refractivity contribution in [1.82, 2.24) is 14.3 Å². The third-order valence-corrected chi connectivity index (χ3v) is 8.34. The van der Waals surface area contributed by atoms with Crippen molar-refractivity contribution in [1.29, 1.82) is 0 Å². The fourth-order valence-corrected chi connectivity index (χ4v) is 6.03. The molecule has 2 heterocycles. The highest BCUT2D eigenvalue weighted by molar-refractivity contribution is 9.10. The average molecular weight is 557 g/mol. The molecular weight excluding hydrogens is 537 g/mol. The molecule has 1 saturated heterocycles. The lowest BCUT2D eigenvalue weighted by Crippen LogP contribution is -2.41. The Hall–Kier alpha value is -2.27.